The van der Waals surface area contributed by atoms with Crippen LogP contribution in [0.15, 0.2) is 18.3 Å². The molecule has 0 saturated carbocycles. The molecule has 0 aliphatic carbocycles. The van der Waals surface area contributed by atoms with E-state index in [1.54, 1.807) is 0 Å². The van der Waals surface area contributed by atoms with E-state index in [0.717, 1.165) is 6.20 Å². The molecular formula is C10H4Cl2F3N3O2. The van der Waals surface area contributed by atoms with Crippen LogP contribution in [-0.4, -0.2) is 15.1 Å². The SMILES string of the molecule is O=[N+]([O-])c1c[nH]nc1-c1c(Cl)cc(C(F)(F)F)cc1Cl. The Hall–Kier alpha value is -1.80. The summed E-state index contributed by atoms with van der Waals surface area (Å²) in [5.74, 6) is 0. The number of aromatic nitrogens is 2. The highest BCUT2D eigenvalue weighted by Crippen LogP contribution is 2.42. The highest BCUT2D eigenvalue weighted by atomic mass is 35.5. The summed E-state index contributed by atoms with van der Waals surface area (Å²) in [7, 11) is 0. The van der Waals surface area contributed by atoms with Crippen LogP contribution in [0.3, 0.4) is 0 Å². The quantitative estimate of drug-likeness (QED) is 0.660. The molecule has 0 saturated heterocycles. The van der Waals surface area contributed by atoms with E-state index in [2.05, 4.69) is 10.2 Å². The molecule has 10 heteroatoms. The monoisotopic (exact) mass is 325 g/mol. The van der Waals surface area contributed by atoms with Crippen molar-refractivity contribution in [1.82, 2.24) is 10.2 Å². The van der Waals surface area contributed by atoms with Crippen LogP contribution >= 0.6 is 23.2 Å². The Balaban J connectivity index is 2.65. The molecule has 0 unspecified atom stereocenters. The number of benzene rings is 1. The van der Waals surface area contributed by atoms with E-state index in [9.17, 15) is 23.3 Å². The van der Waals surface area contributed by atoms with Gasteiger partial charge in [0.1, 0.15) is 6.20 Å². The molecule has 1 N–H and O–H groups in total. The number of hydrogen-bond donors (Lipinski definition) is 1. The highest BCUT2D eigenvalue weighted by Gasteiger charge is 2.33. The molecule has 0 amide bonds. The molecule has 0 bridgehead atoms. The zero-order valence-electron chi connectivity index (χ0n) is 9.33. The lowest BCUT2D eigenvalue weighted by atomic mass is 10.1. The largest absolute Gasteiger partial charge is 0.416 e. The summed E-state index contributed by atoms with van der Waals surface area (Å²) < 4.78 is 37.7. The van der Waals surface area contributed by atoms with Crippen LogP contribution < -0.4 is 0 Å². The van der Waals surface area contributed by atoms with Crippen molar-refractivity contribution in [1.29, 1.82) is 0 Å². The molecule has 2 rings (SSSR count). The third kappa shape index (κ3) is 2.56. The Kier molecular flexibility index (Phi) is 3.61. The second-order valence-electron chi connectivity index (χ2n) is 3.69. The predicted octanol–water partition coefficient (Wildman–Crippen LogP) is 4.31. The first-order valence-electron chi connectivity index (χ1n) is 4.96. The van der Waals surface area contributed by atoms with Gasteiger partial charge in [0.15, 0.2) is 5.69 Å². The summed E-state index contributed by atoms with van der Waals surface area (Å²) >= 11 is 11.5. The van der Waals surface area contributed by atoms with Gasteiger partial charge in [0.2, 0.25) is 0 Å². The van der Waals surface area contributed by atoms with Gasteiger partial charge in [-0.2, -0.15) is 18.3 Å². The molecular weight excluding hydrogens is 322 g/mol. The van der Waals surface area contributed by atoms with Gasteiger partial charge in [-0.25, -0.2) is 0 Å². The Morgan fingerprint density at radius 2 is 1.80 bits per heavy atom. The summed E-state index contributed by atoms with van der Waals surface area (Å²) in [6, 6.07) is 1.28. The Morgan fingerprint density at radius 3 is 2.25 bits per heavy atom. The molecule has 0 atom stereocenters. The fourth-order valence-electron chi connectivity index (χ4n) is 1.57. The van der Waals surface area contributed by atoms with E-state index in [-0.39, 0.29) is 21.3 Å². The topological polar surface area (TPSA) is 71.8 Å². The number of halogens is 5. The lowest BCUT2D eigenvalue weighted by molar-refractivity contribution is -0.384. The zero-order chi connectivity index (χ0) is 15.1. The number of alkyl halides is 3. The second-order valence-corrected chi connectivity index (χ2v) is 4.50. The molecule has 1 heterocycles. The van der Waals surface area contributed by atoms with E-state index in [1.165, 1.54) is 0 Å². The van der Waals surface area contributed by atoms with Crippen LogP contribution in [0.5, 0.6) is 0 Å². The molecule has 1 aromatic carbocycles. The van der Waals surface area contributed by atoms with Gasteiger partial charge >= 0.3 is 11.9 Å². The molecule has 0 aliphatic heterocycles. The van der Waals surface area contributed by atoms with Crippen LogP contribution in [0.25, 0.3) is 11.3 Å². The molecule has 106 valence electrons. The smallest absolute Gasteiger partial charge is 0.278 e. The number of H-pyrrole nitrogens is 1. The molecule has 5 nitrogen and oxygen atoms in total. The first-order chi connectivity index (χ1) is 9.21. The normalized spacial score (nSPS) is 11.7. The Morgan fingerprint density at radius 1 is 1.25 bits per heavy atom. The minimum absolute atomic E-state index is 0.130. The predicted molar refractivity (Wildman–Crippen MR) is 65.7 cm³/mol. The molecule has 0 spiro atoms. The van der Waals surface area contributed by atoms with Crippen molar-refractivity contribution in [2.45, 2.75) is 6.18 Å². The van der Waals surface area contributed by atoms with Crippen molar-refractivity contribution in [3.63, 3.8) is 0 Å². The van der Waals surface area contributed by atoms with Crippen LogP contribution in [0.2, 0.25) is 10.0 Å². The summed E-state index contributed by atoms with van der Waals surface area (Å²) in [5, 5.41) is 15.9. The number of rotatable bonds is 2. The third-order valence-corrected chi connectivity index (χ3v) is 3.02. The van der Waals surface area contributed by atoms with Gasteiger partial charge in [-0.15, -0.1) is 0 Å². The minimum Gasteiger partial charge on any atom is -0.278 e. The van der Waals surface area contributed by atoms with Crippen molar-refractivity contribution >= 4 is 28.9 Å². The van der Waals surface area contributed by atoms with E-state index >= 15 is 0 Å². The van der Waals surface area contributed by atoms with Crippen molar-refractivity contribution < 1.29 is 18.1 Å². The van der Waals surface area contributed by atoms with E-state index in [0.29, 0.717) is 12.1 Å². The van der Waals surface area contributed by atoms with Gasteiger partial charge in [0.05, 0.1) is 20.5 Å². The summed E-state index contributed by atoms with van der Waals surface area (Å²) in [4.78, 5) is 10.0. The number of aromatic amines is 1. The van der Waals surface area contributed by atoms with Crippen LogP contribution in [0.1, 0.15) is 5.56 Å². The minimum atomic E-state index is -4.62. The van der Waals surface area contributed by atoms with E-state index in [4.69, 9.17) is 23.2 Å². The average Bonchev–Trinajstić information content (AvgIpc) is 2.75. The summed E-state index contributed by atoms with van der Waals surface area (Å²) in [5.41, 5.74) is -1.84. The first kappa shape index (κ1) is 14.6. The molecule has 20 heavy (non-hydrogen) atoms. The number of nitrogens with zero attached hydrogens (tertiary/aromatic N) is 2. The summed E-state index contributed by atoms with van der Waals surface area (Å²) in [6.45, 7) is 0. The van der Waals surface area contributed by atoms with Crippen molar-refractivity contribution in [3.05, 3.63) is 44.1 Å². The standard InChI is InChI=1S/C10H4Cl2F3N3O2/c11-5-1-4(10(13,14)15)2-6(12)8(5)9-7(18(19)20)3-16-17-9/h1-3H,(H,16,17). The van der Waals surface area contributed by atoms with Crippen molar-refractivity contribution in [2.75, 3.05) is 0 Å². The maximum atomic E-state index is 12.6. The number of nitro groups is 1. The molecule has 1 aromatic heterocycles. The first-order valence-corrected chi connectivity index (χ1v) is 5.72. The molecule has 2 aromatic rings. The van der Waals surface area contributed by atoms with Crippen LogP contribution in [0.4, 0.5) is 18.9 Å². The lowest BCUT2D eigenvalue weighted by Crippen LogP contribution is -2.05. The van der Waals surface area contributed by atoms with Crippen LogP contribution in [0, 0.1) is 10.1 Å². The molecule has 0 fully saturated rings. The third-order valence-electron chi connectivity index (χ3n) is 2.42. The Bertz CT molecular complexity index is 662. The van der Waals surface area contributed by atoms with Gasteiger partial charge in [0, 0.05) is 5.56 Å². The second kappa shape index (κ2) is 4.95. The number of hydrogen-bond acceptors (Lipinski definition) is 3. The lowest BCUT2D eigenvalue weighted by Gasteiger charge is -2.10. The number of nitrogens with one attached hydrogen (secondary N) is 1. The summed E-state index contributed by atoms with van der Waals surface area (Å²) in [6.07, 6.45) is -3.64. The van der Waals surface area contributed by atoms with Crippen molar-refractivity contribution in [2.24, 2.45) is 0 Å². The highest BCUT2D eigenvalue weighted by molar-refractivity contribution is 6.39. The van der Waals surface area contributed by atoms with E-state index < -0.39 is 22.4 Å². The van der Waals surface area contributed by atoms with Gasteiger partial charge in [-0.1, -0.05) is 23.2 Å². The van der Waals surface area contributed by atoms with Gasteiger partial charge in [-0.05, 0) is 12.1 Å². The van der Waals surface area contributed by atoms with Gasteiger partial charge < -0.3 is 0 Å². The average molecular weight is 326 g/mol. The fraction of sp³-hybridized carbons (Fsp3) is 0.100. The van der Waals surface area contributed by atoms with Gasteiger partial charge in [-0.3, -0.25) is 15.2 Å². The van der Waals surface area contributed by atoms with Crippen LogP contribution in [-0.2, 0) is 6.18 Å². The molecule has 0 aliphatic rings. The molecule has 0 radical (unpaired) electrons. The van der Waals surface area contributed by atoms with Gasteiger partial charge in [0.25, 0.3) is 0 Å². The van der Waals surface area contributed by atoms with E-state index in [1.807, 2.05) is 0 Å². The maximum absolute atomic E-state index is 12.6. The zero-order valence-corrected chi connectivity index (χ0v) is 10.8. The van der Waals surface area contributed by atoms with Crippen molar-refractivity contribution in [3.8, 4) is 11.3 Å². The maximum Gasteiger partial charge on any atom is 0.416 e. The fourth-order valence-corrected chi connectivity index (χ4v) is 2.24. The Labute approximate surface area is 119 Å².